The molecule has 0 amide bonds. The molecule has 0 spiro atoms. The lowest BCUT2D eigenvalue weighted by molar-refractivity contribution is 0.0601. The number of pyridine rings is 1. The summed E-state index contributed by atoms with van der Waals surface area (Å²) in [5.74, 6) is 1.40. The molecule has 5 rings (SSSR count). The van der Waals surface area contributed by atoms with Gasteiger partial charge in [0.1, 0.15) is 11.5 Å². The molecule has 4 heterocycles. The predicted molar refractivity (Wildman–Crippen MR) is 118 cm³/mol. The molecule has 1 N–H and O–H groups in total. The second-order valence-electron chi connectivity index (χ2n) is 7.96. The highest BCUT2D eigenvalue weighted by atomic mass is 16.5. The molecule has 1 aromatic carbocycles. The molecule has 0 unspecified atom stereocenters. The Morgan fingerprint density at radius 3 is 2.82 bits per heavy atom. The molecule has 4 aromatic rings. The summed E-state index contributed by atoms with van der Waals surface area (Å²) in [6.07, 6.45) is 3.41. The number of carbonyl (C=O) groups is 1. The van der Waals surface area contributed by atoms with Crippen LogP contribution in [0.5, 0.6) is 0 Å². The zero-order valence-corrected chi connectivity index (χ0v) is 18.0. The highest BCUT2D eigenvalue weighted by Gasteiger charge is 2.26. The Morgan fingerprint density at radius 1 is 1.21 bits per heavy atom. The average molecular weight is 446 g/mol. The molecule has 1 fully saturated rings. The van der Waals surface area contributed by atoms with Crippen LogP contribution in [0.4, 0.5) is 0 Å². The van der Waals surface area contributed by atoms with Crippen molar-refractivity contribution < 1.29 is 14.1 Å². The number of likely N-dealkylation sites (tertiary alicyclic amines) is 1. The number of H-pyrrole nitrogens is 1. The minimum absolute atomic E-state index is 0.178. The van der Waals surface area contributed by atoms with Gasteiger partial charge in [-0.05, 0) is 56.3 Å². The third-order valence-electron chi connectivity index (χ3n) is 5.82. The summed E-state index contributed by atoms with van der Waals surface area (Å²) in [5.41, 5.74) is 1.29. The van der Waals surface area contributed by atoms with E-state index in [1.807, 2.05) is 18.2 Å². The summed E-state index contributed by atoms with van der Waals surface area (Å²) in [6, 6.07) is 10.3. The third-order valence-corrected chi connectivity index (χ3v) is 5.82. The van der Waals surface area contributed by atoms with Crippen molar-refractivity contribution in [3.63, 3.8) is 0 Å². The van der Waals surface area contributed by atoms with Crippen molar-refractivity contribution in [1.29, 1.82) is 0 Å². The zero-order chi connectivity index (χ0) is 22.8. The smallest absolute Gasteiger partial charge is 0.337 e. The number of nitrogens with zero attached hydrogens (tertiary/aromatic N) is 5. The van der Waals surface area contributed by atoms with E-state index in [-0.39, 0.29) is 11.5 Å². The first-order valence-electron chi connectivity index (χ1n) is 10.7. The van der Waals surface area contributed by atoms with Gasteiger partial charge in [-0.25, -0.2) is 9.78 Å². The molecule has 168 valence electrons. The molecule has 10 heteroatoms. The number of methoxy groups -OCH3 is 1. The maximum absolute atomic E-state index is 12.5. The lowest BCUT2D eigenvalue weighted by atomic mass is 9.97. The van der Waals surface area contributed by atoms with Crippen LogP contribution in [0.1, 0.15) is 40.8 Å². The van der Waals surface area contributed by atoms with Crippen molar-refractivity contribution in [1.82, 2.24) is 30.0 Å². The predicted octanol–water partition coefficient (Wildman–Crippen LogP) is 2.53. The molecule has 3 aromatic heterocycles. The van der Waals surface area contributed by atoms with Gasteiger partial charge in [-0.15, -0.1) is 0 Å². The van der Waals surface area contributed by atoms with Gasteiger partial charge in [0.05, 0.1) is 30.1 Å². The average Bonchev–Trinajstić information content (AvgIpc) is 3.35. The number of rotatable bonds is 5. The summed E-state index contributed by atoms with van der Waals surface area (Å²) >= 11 is 0. The number of fused-ring (bicyclic) bond motifs is 1. The summed E-state index contributed by atoms with van der Waals surface area (Å²) in [5, 5.41) is 4.50. The number of aromatic amines is 1. The quantitative estimate of drug-likeness (QED) is 0.460. The number of aromatic nitrogens is 5. The van der Waals surface area contributed by atoms with E-state index < -0.39 is 5.97 Å². The van der Waals surface area contributed by atoms with Gasteiger partial charge in [-0.2, -0.15) is 4.98 Å². The van der Waals surface area contributed by atoms with Crippen LogP contribution in [-0.2, 0) is 11.3 Å². The van der Waals surface area contributed by atoms with Crippen LogP contribution in [0, 0.1) is 0 Å². The molecule has 1 aliphatic rings. The van der Waals surface area contributed by atoms with E-state index in [1.54, 1.807) is 24.4 Å². The number of benzene rings is 1. The van der Waals surface area contributed by atoms with Gasteiger partial charge in [0.2, 0.25) is 11.7 Å². The Hall–Kier alpha value is -3.92. The highest BCUT2D eigenvalue weighted by molar-refractivity contribution is 5.93. The number of hydrogen-bond acceptors (Lipinski definition) is 9. The maximum atomic E-state index is 12.5. The second-order valence-corrected chi connectivity index (χ2v) is 7.96. The minimum Gasteiger partial charge on any atom is -0.465 e. The van der Waals surface area contributed by atoms with E-state index in [0.717, 1.165) is 25.9 Å². The monoisotopic (exact) mass is 446 g/mol. The van der Waals surface area contributed by atoms with E-state index in [4.69, 9.17) is 9.26 Å². The number of piperidine rings is 1. The highest BCUT2D eigenvalue weighted by Crippen LogP contribution is 2.28. The van der Waals surface area contributed by atoms with Crippen LogP contribution in [0.2, 0.25) is 0 Å². The van der Waals surface area contributed by atoms with Gasteiger partial charge in [-0.3, -0.25) is 14.7 Å². The Kier molecular flexibility index (Phi) is 5.66. The normalized spacial score (nSPS) is 15.1. The second kappa shape index (κ2) is 8.91. The Morgan fingerprint density at radius 2 is 2.06 bits per heavy atom. The van der Waals surface area contributed by atoms with Gasteiger partial charge in [-0.1, -0.05) is 11.2 Å². The fraction of sp³-hybridized carbons (Fsp3) is 0.304. The minimum atomic E-state index is -0.463. The lowest BCUT2D eigenvalue weighted by Gasteiger charge is -2.29. The van der Waals surface area contributed by atoms with Crippen LogP contribution in [-0.4, -0.2) is 56.2 Å². The molecule has 0 bridgehead atoms. The first-order valence-corrected chi connectivity index (χ1v) is 10.7. The molecule has 0 atom stereocenters. The van der Waals surface area contributed by atoms with Gasteiger partial charge < -0.3 is 14.2 Å². The SMILES string of the molecule is COC(=O)c1ccc2c(=O)[nH]c(CN3CCC(c4nc(-c5ccccn5)no4)CC3)nc2c1. The molecule has 33 heavy (non-hydrogen) atoms. The van der Waals surface area contributed by atoms with Crippen LogP contribution < -0.4 is 5.56 Å². The molecular weight excluding hydrogens is 424 g/mol. The molecule has 0 saturated carbocycles. The van der Waals surface area contributed by atoms with Crippen molar-refractivity contribution in [2.24, 2.45) is 0 Å². The standard InChI is InChI=1S/C23H22N6O4/c1-32-23(31)15-5-6-16-18(12-15)25-19(26-21(16)30)13-29-10-7-14(8-11-29)22-27-20(28-33-22)17-4-2-3-9-24-17/h2-6,9,12,14H,7-8,10-11,13H2,1H3,(H,25,26,30). The summed E-state index contributed by atoms with van der Waals surface area (Å²) < 4.78 is 10.3. The topological polar surface area (TPSA) is 127 Å². The fourth-order valence-electron chi connectivity index (χ4n) is 4.06. The number of hydrogen-bond donors (Lipinski definition) is 1. The largest absolute Gasteiger partial charge is 0.465 e. The maximum Gasteiger partial charge on any atom is 0.337 e. The van der Waals surface area contributed by atoms with Crippen LogP contribution in [0.25, 0.3) is 22.4 Å². The van der Waals surface area contributed by atoms with Crippen molar-refractivity contribution in [2.45, 2.75) is 25.3 Å². The van der Waals surface area contributed by atoms with Crippen LogP contribution >= 0.6 is 0 Å². The number of esters is 1. The van der Waals surface area contributed by atoms with Crippen LogP contribution in [0.3, 0.4) is 0 Å². The van der Waals surface area contributed by atoms with E-state index in [2.05, 4.69) is 30.0 Å². The Labute approximate surface area is 188 Å². The molecular formula is C23H22N6O4. The van der Waals surface area contributed by atoms with Gasteiger partial charge in [0.15, 0.2) is 0 Å². The summed E-state index contributed by atoms with van der Waals surface area (Å²) in [7, 11) is 1.32. The number of nitrogens with one attached hydrogen (secondary N) is 1. The zero-order valence-electron chi connectivity index (χ0n) is 18.0. The Bertz CT molecular complexity index is 1340. The number of carbonyl (C=O) groups excluding carboxylic acids is 1. The first-order chi connectivity index (χ1) is 16.1. The van der Waals surface area contributed by atoms with Gasteiger partial charge in [0.25, 0.3) is 5.56 Å². The molecule has 0 aliphatic carbocycles. The number of ether oxygens (including phenoxy) is 1. The van der Waals surface area contributed by atoms with Gasteiger partial charge in [0, 0.05) is 12.1 Å². The summed E-state index contributed by atoms with van der Waals surface area (Å²) in [6.45, 7) is 2.11. The Balaban J connectivity index is 1.26. The van der Waals surface area contributed by atoms with E-state index >= 15 is 0 Å². The molecule has 0 radical (unpaired) electrons. The molecule has 1 aliphatic heterocycles. The van der Waals surface area contributed by atoms with Gasteiger partial charge >= 0.3 is 5.97 Å². The fourth-order valence-corrected chi connectivity index (χ4v) is 4.06. The van der Waals surface area contributed by atoms with E-state index in [9.17, 15) is 9.59 Å². The van der Waals surface area contributed by atoms with Crippen molar-refractivity contribution in [3.8, 4) is 11.5 Å². The lowest BCUT2D eigenvalue weighted by Crippen LogP contribution is -2.33. The van der Waals surface area contributed by atoms with E-state index in [1.165, 1.54) is 7.11 Å². The summed E-state index contributed by atoms with van der Waals surface area (Å²) in [4.78, 5) is 42.7. The first kappa shape index (κ1) is 21.0. The van der Waals surface area contributed by atoms with Crippen molar-refractivity contribution >= 4 is 16.9 Å². The van der Waals surface area contributed by atoms with E-state index in [0.29, 0.717) is 46.2 Å². The third kappa shape index (κ3) is 4.37. The molecule has 10 nitrogen and oxygen atoms in total. The molecule has 1 saturated heterocycles. The van der Waals surface area contributed by atoms with Crippen molar-refractivity contribution in [2.75, 3.05) is 20.2 Å². The van der Waals surface area contributed by atoms with Crippen molar-refractivity contribution in [3.05, 3.63) is 70.2 Å². The van der Waals surface area contributed by atoms with Crippen LogP contribution in [0.15, 0.2) is 51.9 Å².